The van der Waals surface area contributed by atoms with Crippen molar-refractivity contribution in [2.24, 2.45) is 7.05 Å². The number of nitro benzene ring substituents is 1. The van der Waals surface area contributed by atoms with Crippen LogP contribution in [0.4, 0.5) is 15.8 Å². The number of nitrogens with one attached hydrogen (secondary N) is 1. The van der Waals surface area contributed by atoms with Gasteiger partial charge in [0.25, 0.3) is 11.6 Å². The summed E-state index contributed by atoms with van der Waals surface area (Å²) in [5.74, 6) is -1.54. The Morgan fingerprint density at radius 1 is 1.50 bits per heavy atom. The van der Waals surface area contributed by atoms with Crippen molar-refractivity contribution in [3.05, 3.63) is 51.6 Å². The van der Waals surface area contributed by atoms with Gasteiger partial charge in [-0.2, -0.15) is 5.10 Å². The van der Waals surface area contributed by atoms with Crippen molar-refractivity contribution in [1.29, 1.82) is 0 Å². The average molecular weight is 278 g/mol. The van der Waals surface area contributed by atoms with Gasteiger partial charge in [0.1, 0.15) is 5.82 Å². The van der Waals surface area contributed by atoms with Crippen LogP contribution in [0.3, 0.4) is 0 Å². The van der Waals surface area contributed by atoms with Crippen LogP contribution in [0.2, 0.25) is 0 Å². The van der Waals surface area contributed by atoms with Crippen LogP contribution in [-0.2, 0) is 7.05 Å². The van der Waals surface area contributed by atoms with E-state index in [9.17, 15) is 19.3 Å². The number of amides is 1. The number of anilines is 1. The van der Waals surface area contributed by atoms with Gasteiger partial charge in [-0.15, -0.1) is 0 Å². The largest absolute Gasteiger partial charge is 0.319 e. The number of nitrogens with zero attached hydrogens (tertiary/aromatic N) is 3. The summed E-state index contributed by atoms with van der Waals surface area (Å²) >= 11 is 0. The predicted molar refractivity (Wildman–Crippen MR) is 69.0 cm³/mol. The Morgan fingerprint density at radius 2 is 2.20 bits per heavy atom. The summed E-state index contributed by atoms with van der Waals surface area (Å²) < 4.78 is 15.4. The van der Waals surface area contributed by atoms with Crippen molar-refractivity contribution in [1.82, 2.24) is 9.78 Å². The maximum atomic E-state index is 13.9. The van der Waals surface area contributed by atoms with Crippen LogP contribution in [0.15, 0.2) is 24.5 Å². The summed E-state index contributed by atoms with van der Waals surface area (Å²) in [6, 6.07) is 1.99. The first kappa shape index (κ1) is 13.7. The first-order valence-corrected chi connectivity index (χ1v) is 5.63. The number of nitro groups is 1. The summed E-state index contributed by atoms with van der Waals surface area (Å²) in [6.45, 7) is 1.36. The molecule has 1 heterocycles. The molecule has 1 aromatic heterocycles. The molecule has 104 valence electrons. The molecular formula is C12H11FN4O3. The second-order valence-corrected chi connectivity index (χ2v) is 4.24. The molecule has 0 atom stereocenters. The SMILES string of the molecule is Cc1cc([N+](=O)[O-])cc(C(=O)Nc2cnn(C)c2)c1F. The van der Waals surface area contributed by atoms with E-state index >= 15 is 0 Å². The zero-order valence-electron chi connectivity index (χ0n) is 10.8. The lowest BCUT2D eigenvalue weighted by Gasteiger charge is -2.06. The Hall–Kier alpha value is -2.77. The van der Waals surface area contributed by atoms with Crippen LogP contribution in [0.1, 0.15) is 15.9 Å². The lowest BCUT2D eigenvalue weighted by Crippen LogP contribution is -2.14. The van der Waals surface area contributed by atoms with E-state index in [1.807, 2.05) is 0 Å². The zero-order valence-corrected chi connectivity index (χ0v) is 10.8. The van der Waals surface area contributed by atoms with E-state index < -0.39 is 16.6 Å². The highest BCUT2D eigenvalue weighted by Gasteiger charge is 2.20. The normalized spacial score (nSPS) is 10.3. The molecule has 0 saturated heterocycles. The van der Waals surface area contributed by atoms with Crippen LogP contribution in [0.25, 0.3) is 0 Å². The fraction of sp³-hybridized carbons (Fsp3) is 0.167. The molecule has 0 radical (unpaired) electrons. The number of aromatic nitrogens is 2. The standard InChI is InChI=1S/C12H11FN4O3/c1-7-3-9(17(19)20)4-10(11(7)13)12(18)15-8-5-14-16(2)6-8/h3-6H,1-2H3,(H,15,18). The molecule has 1 aromatic carbocycles. The van der Waals surface area contributed by atoms with Gasteiger partial charge in [-0.1, -0.05) is 0 Å². The molecule has 0 fully saturated rings. The van der Waals surface area contributed by atoms with E-state index in [2.05, 4.69) is 10.4 Å². The lowest BCUT2D eigenvalue weighted by molar-refractivity contribution is -0.385. The lowest BCUT2D eigenvalue weighted by atomic mass is 10.1. The van der Waals surface area contributed by atoms with Gasteiger partial charge < -0.3 is 5.32 Å². The van der Waals surface area contributed by atoms with Crippen molar-refractivity contribution < 1.29 is 14.1 Å². The van der Waals surface area contributed by atoms with Gasteiger partial charge in [0.2, 0.25) is 0 Å². The highest BCUT2D eigenvalue weighted by Crippen LogP contribution is 2.22. The van der Waals surface area contributed by atoms with E-state index in [0.29, 0.717) is 5.69 Å². The molecule has 0 aliphatic rings. The third kappa shape index (κ3) is 2.63. The first-order valence-electron chi connectivity index (χ1n) is 5.63. The number of aryl methyl sites for hydroxylation is 2. The summed E-state index contributed by atoms with van der Waals surface area (Å²) in [6.07, 6.45) is 2.92. The molecule has 0 unspecified atom stereocenters. The quantitative estimate of drug-likeness (QED) is 0.687. The third-order valence-corrected chi connectivity index (χ3v) is 2.66. The maximum Gasteiger partial charge on any atom is 0.270 e. The van der Waals surface area contributed by atoms with E-state index in [1.54, 1.807) is 7.05 Å². The number of carbonyl (C=O) groups is 1. The monoisotopic (exact) mass is 278 g/mol. The summed E-state index contributed by atoms with van der Waals surface area (Å²) in [5, 5.41) is 17.0. The van der Waals surface area contributed by atoms with Crippen LogP contribution >= 0.6 is 0 Å². The molecule has 0 saturated carbocycles. The van der Waals surface area contributed by atoms with Crippen molar-refractivity contribution in [2.45, 2.75) is 6.92 Å². The summed E-state index contributed by atoms with van der Waals surface area (Å²) in [7, 11) is 1.66. The topological polar surface area (TPSA) is 90.1 Å². The number of carbonyl (C=O) groups excluding carboxylic acids is 1. The fourth-order valence-electron chi connectivity index (χ4n) is 1.71. The van der Waals surface area contributed by atoms with Crippen molar-refractivity contribution in [3.63, 3.8) is 0 Å². The van der Waals surface area contributed by atoms with Crippen LogP contribution in [0, 0.1) is 22.9 Å². The molecule has 0 bridgehead atoms. The average Bonchev–Trinajstić information content (AvgIpc) is 2.77. The molecule has 2 rings (SSSR count). The van der Waals surface area contributed by atoms with E-state index in [4.69, 9.17) is 0 Å². The molecule has 0 aliphatic carbocycles. The number of halogens is 1. The van der Waals surface area contributed by atoms with E-state index in [1.165, 1.54) is 24.0 Å². The number of rotatable bonds is 3. The second-order valence-electron chi connectivity index (χ2n) is 4.24. The molecule has 1 N–H and O–H groups in total. The zero-order chi connectivity index (χ0) is 14.9. The second kappa shape index (κ2) is 5.08. The van der Waals surface area contributed by atoms with Gasteiger partial charge in [0.15, 0.2) is 0 Å². The Labute approximate surface area is 113 Å². The highest BCUT2D eigenvalue weighted by molar-refractivity contribution is 6.04. The number of non-ortho nitro benzene ring substituents is 1. The van der Waals surface area contributed by atoms with Gasteiger partial charge in [0, 0.05) is 25.4 Å². The van der Waals surface area contributed by atoms with Gasteiger partial charge in [0.05, 0.1) is 22.4 Å². The minimum Gasteiger partial charge on any atom is -0.319 e. The van der Waals surface area contributed by atoms with Gasteiger partial charge in [-0.3, -0.25) is 19.6 Å². The Kier molecular flexibility index (Phi) is 3.47. The van der Waals surface area contributed by atoms with Crippen molar-refractivity contribution in [3.8, 4) is 0 Å². The van der Waals surface area contributed by atoms with Crippen LogP contribution in [-0.4, -0.2) is 20.6 Å². The van der Waals surface area contributed by atoms with E-state index in [-0.39, 0.29) is 16.8 Å². The van der Waals surface area contributed by atoms with Gasteiger partial charge in [-0.25, -0.2) is 4.39 Å². The Morgan fingerprint density at radius 3 is 2.75 bits per heavy atom. The summed E-state index contributed by atoms with van der Waals surface area (Å²) in [4.78, 5) is 22.0. The summed E-state index contributed by atoms with van der Waals surface area (Å²) in [5.41, 5.74) is -0.294. The Balaban J connectivity index is 2.36. The van der Waals surface area contributed by atoms with Crippen LogP contribution < -0.4 is 5.32 Å². The fourth-order valence-corrected chi connectivity index (χ4v) is 1.71. The van der Waals surface area contributed by atoms with Gasteiger partial charge >= 0.3 is 0 Å². The molecule has 1 amide bonds. The van der Waals surface area contributed by atoms with E-state index in [0.717, 1.165) is 12.1 Å². The minimum absolute atomic E-state index is 0.0375. The molecule has 2 aromatic rings. The molecular weight excluding hydrogens is 267 g/mol. The molecule has 7 nitrogen and oxygen atoms in total. The molecule has 8 heteroatoms. The van der Waals surface area contributed by atoms with Crippen molar-refractivity contribution in [2.75, 3.05) is 5.32 Å². The number of hydrogen-bond donors (Lipinski definition) is 1. The Bertz CT molecular complexity index is 696. The minimum atomic E-state index is -0.781. The predicted octanol–water partition coefficient (Wildman–Crippen LogP) is 2.03. The molecule has 0 aliphatic heterocycles. The molecule has 20 heavy (non-hydrogen) atoms. The molecule has 0 spiro atoms. The van der Waals surface area contributed by atoms with Gasteiger partial charge in [-0.05, 0) is 12.5 Å². The van der Waals surface area contributed by atoms with Crippen LogP contribution in [0.5, 0.6) is 0 Å². The third-order valence-electron chi connectivity index (χ3n) is 2.66. The number of hydrogen-bond acceptors (Lipinski definition) is 4. The number of benzene rings is 1. The highest BCUT2D eigenvalue weighted by atomic mass is 19.1. The van der Waals surface area contributed by atoms with Crippen molar-refractivity contribution >= 4 is 17.3 Å². The first-order chi connectivity index (χ1) is 9.38. The maximum absolute atomic E-state index is 13.9. The smallest absolute Gasteiger partial charge is 0.270 e.